The van der Waals surface area contributed by atoms with Crippen molar-refractivity contribution in [1.82, 2.24) is 5.32 Å². The van der Waals surface area contributed by atoms with Crippen molar-refractivity contribution in [2.45, 2.75) is 26.4 Å². The molecule has 1 aromatic rings. The van der Waals surface area contributed by atoms with Crippen LogP contribution in [0, 0.1) is 0 Å². The van der Waals surface area contributed by atoms with E-state index >= 15 is 0 Å². The fourth-order valence-corrected chi connectivity index (χ4v) is 1.22. The average Bonchev–Trinajstić information content (AvgIpc) is 2.24. The zero-order valence-electron chi connectivity index (χ0n) is 9.69. The third kappa shape index (κ3) is 4.79. The third-order valence-corrected chi connectivity index (χ3v) is 1.99. The molecule has 0 radical (unpaired) electrons. The van der Waals surface area contributed by atoms with Gasteiger partial charge in [-0.2, -0.15) is 0 Å². The van der Waals surface area contributed by atoms with Gasteiger partial charge in [0.1, 0.15) is 5.75 Å². The van der Waals surface area contributed by atoms with Gasteiger partial charge in [0, 0.05) is 12.6 Å². The molecule has 0 aliphatic rings. The molecule has 0 spiro atoms. The predicted molar refractivity (Wildman–Crippen MR) is 63.1 cm³/mol. The van der Waals surface area contributed by atoms with E-state index in [1.807, 2.05) is 24.3 Å². The highest BCUT2D eigenvalue weighted by Crippen LogP contribution is 2.13. The lowest BCUT2D eigenvalue weighted by atomic mass is 10.2. The van der Waals surface area contributed by atoms with E-state index in [2.05, 4.69) is 19.2 Å². The predicted octanol–water partition coefficient (Wildman–Crippen LogP) is 1.05. The van der Waals surface area contributed by atoms with Crippen LogP contribution in [-0.2, 0) is 11.3 Å². The maximum absolute atomic E-state index is 10.6. The molecule has 0 fully saturated rings. The van der Waals surface area contributed by atoms with Crippen LogP contribution in [0.4, 0.5) is 0 Å². The van der Waals surface area contributed by atoms with Crippen LogP contribution in [0.2, 0.25) is 0 Å². The highest BCUT2D eigenvalue weighted by molar-refractivity contribution is 5.75. The van der Waals surface area contributed by atoms with Gasteiger partial charge in [0.2, 0.25) is 0 Å². The Balaban J connectivity index is 2.53. The minimum atomic E-state index is -0.467. The lowest BCUT2D eigenvalue weighted by molar-refractivity contribution is -0.119. The monoisotopic (exact) mass is 222 g/mol. The number of carbonyl (C=O) groups is 1. The second-order valence-corrected chi connectivity index (χ2v) is 3.94. The molecular weight excluding hydrogens is 204 g/mol. The van der Waals surface area contributed by atoms with Crippen LogP contribution in [0.15, 0.2) is 24.3 Å². The Hall–Kier alpha value is -1.55. The molecule has 0 heterocycles. The number of amides is 1. The molecule has 4 nitrogen and oxygen atoms in total. The number of ether oxygens (including phenoxy) is 1. The van der Waals surface area contributed by atoms with Gasteiger partial charge in [0.15, 0.2) is 6.61 Å². The van der Waals surface area contributed by atoms with Crippen molar-refractivity contribution >= 4 is 5.91 Å². The van der Waals surface area contributed by atoms with Gasteiger partial charge >= 0.3 is 0 Å². The van der Waals surface area contributed by atoms with E-state index in [-0.39, 0.29) is 6.61 Å². The van der Waals surface area contributed by atoms with Crippen molar-refractivity contribution in [2.24, 2.45) is 5.73 Å². The lowest BCUT2D eigenvalue weighted by Crippen LogP contribution is -2.22. The summed E-state index contributed by atoms with van der Waals surface area (Å²) >= 11 is 0. The minimum Gasteiger partial charge on any atom is -0.484 e. The topological polar surface area (TPSA) is 64.3 Å². The van der Waals surface area contributed by atoms with Crippen molar-refractivity contribution < 1.29 is 9.53 Å². The first-order valence-electron chi connectivity index (χ1n) is 5.31. The van der Waals surface area contributed by atoms with Crippen molar-refractivity contribution in [1.29, 1.82) is 0 Å². The Bertz CT molecular complexity index is 351. The van der Waals surface area contributed by atoms with Crippen molar-refractivity contribution in [2.75, 3.05) is 6.61 Å². The molecule has 16 heavy (non-hydrogen) atoms. The number of nitrogens with two attached hydrogens (primary N) is 1. The van der Waals surface area contributed by atoms with E-state index in [1.165, 1.54) is 0 Å². The van der Waals surface area contributed by atoms with Crippen LogP contribution in [0.5, 0.6) is 5.75 Å². The van der Waals surface area contributed by atoms with Gasteiger partial charge in [-0.25, -0.2) is 0 Å². The number of primary amides is 1. The fourth-order valence-electron chi connectivity index (χ4n) is 1.22. The van der Waals surface area contributed by atoms with Crippen LogP contribution in [0.25, 0.3) is 0 Å². The fraction of sp³-hybridized carbons (Fsp3) is 0.417. The molecular formula is C12H18N2O2. The second kappa shape index (κ2) is 6.12. The van der Waals surface area contributed by atoms with Crippen LogP contribution in [0.1, 0.15) is 19.4 Å². The summed E-state index contributed by atoms with van der Waals surface area (Å²) in [4.78, 5) is 10.6. The molecule has 88 valence electrons. The molecule has 0 atom stereocenters. The molecule has 1 amide bonds. The van der Waals surface area contributed by atoms with Crippen molar-refractivity contribution in [3.63, 3.8) is 0 Å². The number of benzene rings is 1. The first-order valence-corrected chi connectivity index (χ1v) is 5.31. The Labute approximate surface area is 95.8 Å². The summed E-state index contributed by atoms with van der Waals surface area (Å²) in [6, 6.07) is 8.05. The second-order valence-electron chi connectivity index (χ2n) is 3.94. The summed E-state index contributed by atoms with van der Waals surface area (Å²) < 4.78 is 5.21. The molecule has 0 aliphatic heterocycles. The maximum atomic E-state index is 10.6. The summed E-state index contributed by atoms with van der Waals surface area (Å²) in [6.45, 7) is 4.88. The number of rotatable bonds is 6. The van der Waals surface area contributed by atoms with Gasteiger partial charge in [-0.15, -0.1) is 0 Å². The smallest absolute Gasteiger partial charge is 0.255 e. The van der Waals surface area contributed by atoms with Crippen LogP contribution in [0.3, 0.4) is 0 Å². The lowest BCUT2D eigenvalue weighted by Gasteiger charge is -2.09. The third-order valence-electron chi connectivity index (χ3n) is 1.99. The molecule has 0 saturated heterocycles. The molecule has 0 aliphatic carbocycles. The molecule has 0 bridgehead atoms. The highest BCUT2D eigenvalue weighted by atomic mass is 16.5. The van der Waals surface area contributed by atoms with E-state index in [1.54, 1.807) is 0 Å². The van der Waals surface area contributed by atoms with Crippen molar-refractivity contribution in [3.05, 3.63) is 29.8 Å². The minimum absolute atomic E-state index is 0.0823. The standard InChI is InChI=1S/C12H18N2O2/c1-9(2)14-7-10-4-3-5-11(6-10)16-8-12(13)15/h3-6,9,14H,7-8H2,1-2H3,(H2,13,15). The molecule has 4 heteroatoms. The molecule has 0 saturated carbocycles. The van der Waals surface area contributed by atoms with Crippen LogP contribution >= 0.6 is 0 Å². The van der Waals surface area contributed by atoms with Gasteiger partial charge in [-0.3, -0.25) is 4.79 Å². The number of nitrogens with one attached hydrogen (secondary N) is 1. The van der Waals surface area contributed by atoms with Gasteiger partial charge in [-0.1, -0.05) is 26.0 Å². The van der Waals surface area contributed by atoms with Crippen LogP contribution in [-0.4, -0.2) is 18.6 Å². The molecule has 1 aromatic carbocycles. The summed E-state index contributed by atoms with van der Waals surface area (Å²) in [5.74, 6) is 0.201. The Morgan fingerprint density at radius 3 is 2.88 bits per heavy atom. The molecule has 0 aromatic heterocycles. The summed E-state index contributed by atoms with van der Waals surface area (Å²) in [5, 5.41) is 3.31. The maximum Gasteiger partial charge on any atom is 0.255 e. The molecule has 3 N–H and O–H groups in total. The van der Waals surface area contributed by atoms with E-state index in [0.717, 1.165) is 12.1 Å². The van der Waals surface area contributed by atoms with Crippen LogP contribution < -0.4 is 15.8 Å². The Kier molecular flexibility index (Phi) is 4.79. The number of hydrogen-bond donors (Lipinski definition) is 2. The zero-order chi connectivity index (χ0) is 12.0. The first-order chi connectivity index (χ1) is 7.58. The van der Waals surface area contributed by atoms with Gasteiger partial charge in [0.05, 0.1) is 0 Å². The molecule has 0 unspecified atom stereocenters. The van der Waals surface area contributed by atoms with Crippen molar-refractivity contribution in [3.8, 4) is 5.75 Å². The van der Waals surface area contributed by atoms with Gasteiger partial charge in [0.25, 0.3) is 5.91 Å². The van der Waals surface area contributed by atoms with E-state index < -0.39 is 5.91 Å². The highest BCUT2D eigenvalue weighted by Gasteiger charge is 2.00. The summed E-state index contributed by atoms with van der Waals surface area (Å²) in [6.07, 6.45) is 0. The molecule has 1 rings (SSSR count). The number of carbonyl (C=O) groups excluding carboxylic acids is 1. The largest absolute Gasteiger partial charge is 0.484 e. The summed E-state index contributed by atoms with van der Waals surface area (Å²) in [7, 11) is 0. The first kappa shape index (κ1) is 12.5. The van der Waals surface area contributed by atoms with E-state index in [0.29, 0.717) is 11.8 Å². The average molecular weight is 222 g/mol. The Morgan fingerprint density at radius 1 is 1.50 bits per heavy atom. The summed E-state index contributed by atoms with van der Waals surface area (Å²) in [5.41, 5.74) is 6.12. The van der Waals surface area contributed by atoms with Gasteiger partial charge in [-0.05, 0) is 17.7 Å². The van der Waals surface area contributed by atoms with E-state index in [9.17, 15) is 4.79 Å². The Morgan fingerprint density at radius 2 is 2.25 bits per heavy atom. The SMILES string of the molecule is CC(C)NCc1cccc(OCC(N)=O)c1. The zero-order valence-corrected chi connectivity index (χ0v) is 9.69. The number of hydrogen-bond acceptors (Lipinski definition) is 3. The quantitative estimate of drug-likeness (QED) is 0.756. The normalized spacial score (nSPS) is 10.4. The van der Waals surface area contributed by atoms with Gasteiger partial charge < -0.3 is 15.8 Å². The van der Waals surface area contributed by atoms with E-state index in [4.69, 9.17) is 10.5 Å².